The minimum Gasteiger partial charge on any atom is -0.300 e. The Bertz CT molecular complexity index is 968. The van der Waals surface area contributed by atoms with Gasteiger partial charge in [0.05, 0.1) is 4.91 Å². The Morgan fingerprint density at radius 3 is 2.46 bits per heavy atom. The second-order valence-corrected chi connectivity index (χ2v) is 6.34. The zero-order chi connectivity index (χ0) is 18.4. The van der Waals surface area contributed by atoms with Crippen LogP contribution in [0.3, 0.4) is 0 Å². The lowest BCUT2D eigenvalue weighted by molar-refractivity contribution is -0.115. The van der Waals surface area contributed by atoms with Gasteiger partial charge in [0, 0.05) is 5.56 Å². The summed E-state index contributed by atoms with van der Waals surface area (Å²) in [5.74, 6) is -0.332. The summed E-state index contributed by atoms with van der Waals surface area (Å²) in [6.07, 6.45) is 6.66. The molecule has 1 saturated heterocycles. The first-order valence-corrected chi connectivity index (χ1v) is 8.52. The van der Waals surface area contributed by atoms with Crippen molar-refractivity contribution >= 4 is 40.8 Å². The fourth-order valence-corrected chi connectivity index (χ4v) is 3.03. The van der Waals surface area contributed by atoms with Crippen LogP contribution >= 0.6 is 11.8 Å². The molecule has 0 aliphatic carbocycles. The molecule has 0 spiro atoms. The SMILES string of the molecule is N#CN=C1NC(=O)C(=Cc2ccc(C=CC(=O)c3ccccc3)cc2)S1. The molecular formula is C20H13N3O2S. The molecule has 1 aliphatic heterocycles. The van der Waals surface area contributed by atoms with E-state index in [1.54, 1.807) is 30.5 Å². The summed E-state index contributed by atoms with van der Waals surface area (Å²) < 4.78 is 0. The number of amides is 1. The third-order valence-corrected chi connectivity index (χ3v) is 4.43. The largest absolute Gasteiger partial charge is 0.300 e. The van der Waals surface area contributed by atoms with E-state index in [-0.39, 0.29) is 16.9 Å². The van der Waals surface area contributed by atoms with Crippen LogP contribution in [0.2, 0.25) is 0 Å². The van der Waals surface area contributed by atoms with Crippen molar-refractivity contribution in [3.63, 3.8) is 0 Å². The number of rotatable bonds is 4. The first-order chi connectivity index (χ1) is 12.7. The van der Waals surface area contributed by atoms with E-state index in [4.69, 9.17) is 5.26 Å². The number of ketones is 1. The maximum atomic E-state index is 12.1. The number of hydrogen-bond donors (Lipinski definition) is 1. The lowest BCUT2D eigenvalue weighted by Crippen LogP contribution is -2.19. The number of thioether (sulfide) groups is 1. The van der Waals surface area contributed by atoms with Gasteiger partial charge in [0.2, 0.25) is 6.19 Å². The zero-order valence-electron chi connectivity index (χ0n) is 13.5. The van der Waals surface area contributed by atoms with Crippen LogP contribution in [0, 0.1) is 11.5 Å². The number of hydrogen-bond acceptors (Lipinski definition) is 5. The molecule has 26 heavy (non-hydrogen) atoms. The molecule has 0 radical (unpaired) electrons. The molecule has 6 heteroatoms. The number of nitrogens with one attached hydrogen (secondary N) is 1. The van der Waals surface area contributed by atoms with Gasteiger partial charge in [0.25, 0.3) is 5.91 Å². The smallest absolute Gasteiger partial charge is 0.264 e. The molecule has 0 unspecified atom stereocenters. The fourth-order valence-electron chi connectivity index (χ4n) is 2.25. The molecule has 1 heterocycles. The number of nitriles is 1. The van der Waals surface area contributed by atoms with Crippen molar-refractivity contribution in [1.82, 2.24) is 5.32 Å². The Hall–Kier alpha value is -3.43. The van der Waals surface area contributed by atoms with Gasteiger partial charge in [-0.25, -0.2) is 0 Å². The van der Waals surface area contributed by atoms with Crippen LogP contribution < -0.4 is 5.32 Å². The first-order valence-electron chi connectivity index (χ1n) is 7.71. The summed E-state index contributed by atoms with van der Waals surface area (Å²) in [6, 6.07) is 16.5. The minimum absolute atomic E-state index is 0.0554. The summed E-state index contributed by atoms with van der Waals surface area (Å²) in [5.41, 5.74) is 2.36. The first kappa shape index (κ1) is 17.4. The standard InChI is InChI=1S/C20H13N3O2S/c21-13-22-20-23-19(25)18(26-20)12-15-8-6-14(7-9-15)10-11-17(24)16-4-2-1-3-5-16/h1-12H,(H,22,23,25). The average Bonchev–Trinajstić information content (AvgIpc) is 3.01. The summed E-state index contributed by atoms with van der Waals surface area (Å²) in [6.45, 7) is 0. The van der Waals surface area contributed by atoms with Crippen LogP contribution in [0.15, 0.2) is 70.6 Å². The fraction of sp³-hybridized carbons (Fsp3) is 0. The van der Waals surface area contributed by atoms with Crippen LogP contribution in [0.5, 0.6) is 0 Å². The van der Waals surface area contributed by atoms with Crippen molar-refractivity contribution < 1.29 is 9.59 Å². The highest BCUT2D eigenvalue weighted by Crippen LogP contribution is 2.26. The van der Waals surface area contributed by atoms with E-state index in [1.807, 2.05) is 42.5 Å². The van der Waals surface area contributed by atoms with E-state index >= 15 is 0 Å². The van der Waals surface area contributed by atoms with Crippen LogP contribution in [0.4, 0.5) is 0 Å². The number of amidine groups is 1. The average molecular weight is 359 g/mol. The van der Waals surface area contributed by atoms with Gasteiger partial charge < -0.3 is 0 Å². The topological polar surface area (TPSA) is 82.3 Å². The van der Waals surface area contributed by atoms with Gasteiger partial charge in [-0.2, -0.15) is 5.26 Å². The Balaban J connectivity index is 1.69. The minimum atomic E-state index is -0.276. The molecule has 2 aromatic carbocycles. The highest BCUT2D eigenvalue weighted by molar-refractivity contribution is 8.18. The quantitative estimate of drug-likeness (QED) is 0.513. The van der Waals surface area contributed by atoms with E-state index in [0.29, 0.717) is 10.5 Å². The lowest BCUT2D eigenvalue weighted by atomic mass is 10.1. The maximum Gasteiger partial charge on any atom is 0.264 e. The van der Waals surface area contributed by atoms with E-state index in [1.165, 1.54) is 6.08 Å². The Morgan fingerprint density at radius 1 is 1.08 bits per heavy atom. The van der Waals surface area contributed by atoms with Gasteiger partial charge in [-0.05, 0) is 35.0 Å². The van der Waals surface area contributed by atoms with Gasteiger partial charge in [0.1, 0.15) is 0 Å². The second-order valence-electron chi connectivity index (χ2n) is 5.31. The number of carbonyl (C=O) groups excluding carboxylic acids is 2. The van der Waals surface area contributed by atoms with Crippen LogP contribution in [0.1, 0.15) is 21.5 Å². The van der Waals surface area contributed by atoms with Crippen molar-refractivity contribution in [3.8, 4) is 6.19 Å². The molecule has 0 bridgehead atoms. The number of nitrogens with zero attached hydrogens (tertiary/aromatic N) is 2. The highest BCUT2D eigenvalue weighted by atomic mass is 32.2. The third kappa shape index (κ3) is 4.35. The third-order valence-electron chi connectivity index (χ3n) is 3.52. The monoisotopic (exact) mass is 359 g/mol. The van der Waals surface area contributed by atoms with Gasteiger partial charge in [-0.1, -0.05) is 60.7 Å². The molecule has 3 rings (SSSR count). The molecule has 1 amide bonds. The number of aliphatic imine (C=N–C) groups is 1. The normalized spacial score (nSPS) is 16.8. The van der Waals surface area contributed by atoms with E-state index in [9.17, 15) is 9.59 Å². The maximum absolute atomic E-state index is 12.1. The summed E-state index contributed by atoms with van der Waals surface area (Å²) in [5, 5.41) is 11.3. The molecular weight excluding hydrogens is 346 g/mol. The van der Waals surface area contributed by atoms with E-state index in [0.717, 1.165) is 22.9 Å². The number of allylic oxidation sites excluding steroid dienone is 1. The molecule has 5 nitrogen and oxygen atoms in total. The van der Waals surface area contributed by atoms with E-state index in [2.05, 4.69) is 10.3 Å². The van der Waals surface area contributed by atoms with Crippen molar-refractivity contribution in [2.45, 2.75) is 0 Å². The molecule has 126 valence electrons. The number of carbonyl (C=O) groups is 2. The van der Waals surface area contributed by atoms with Crippen LogP contribution in [-0.2, 0) is 4.79 Å². The molecule has 0 atom stereocenters. The lowest BCUT2D eigenvalue weighted by Gasteiger charge is -1.98. The van der Waals surface area contributed by atoms with Crippen molar-refractivity contribution in [3.05, 3.63) is 82.3 Å². The Kier molecular flexibility index (Phi) is 5.42. The Morgan fingerprint density at radius 2 is 1.77 bits per heavy atom. The Labute approximate surface area is 154 Å². The van der Waals surface area contributed by atoms with Gasteiger partial charge in [-0.15, -0.1) is 4.99 Å². The molecule has 0 saturated carbocycles. The molecule has 0 aromatic heterocycles. The van der Waals surface area contributed by atoms with Crippen molar-refractivity contribution in [2.24, 2.45) is 4.99 Å². The van der Waals surface area contributed by atoms with Gasteiger partial charge in [-0.3, -0.25) is 14.9 Å². The summed E-state index contributed by atoms with van der Waals surface area (Å²) >= 11 is 1.12. The number of benzene rings is 2. The molecule has 1 aliphatic rings. The van der Waals surface area contributed by atoms with Crippen LogP contribution in [-0.4, -0.2) is 16.9 Å². The second kappa shape index (κ2) is 8.10. The van der Waals surface area contributed by atoms with Crippen molar-refractivity contribution in [1.29, 1.82) is 5.26 Å². The molecule has 1 N–H and O–H groups in total. The predicted octanol–water partition coefficient (Wildman–Crippen LogP) is 3.62. The molecule has 1 fully saturated rings. The van der Waals surface area contributed by atoms with E-state index < -0.39 is 0 Å². The van der Waals surface area contributed by atoms with Gasteiger partial charge in [0.15, 0.2) is 11.0 Å². The summed E-state index contributed by atoms with van der Waals surface area (Å²) in [4.78, 5) is 27.9. The predicted molar refractivity (Wildman–Crippen MR) is 103 cm³/mol. The molecule has 2 aromatic rings. The van der Waals surface area contributed by atoms with Gasteiger partial charge >= 0.3 is 0 Å². The van der Waals surface area contributed by atoms with Crippen molar-refractivity contribution in [2.75, 3.05) is 0 Å². The summed E-state index contributed by atoms with van der Waals surface area (Å²) in [7, 11) is 0. The highest BCUT2D eigenvalue weighted by Gasteiger charge is 2.23. The zero-order valence-corrected chi connectivity index (χ0v) is 14.4. The van der Waals surface area contributed by atoms with Crippen LogP contribution in [0.25, 0.3) is 12.2 Å².